The molecule has 1 aliphatic rings. The molecule has 1 aromatic heterocycles. The van der Waals surface area contributed by atoms with E-state index in [1.165, 1.54) is 6.33 Å². The van der Waals surface area contributed by atoms with Crippen LogP contribution in [0.15, 0.2) is 12.5 Å². The summed E-state index contributed by atoms with van der Waals surface area (Å²) >= 11 is 0. The molecule has 0 aliphatic carbocycles. The maximum atomic E-state index is 12.0. The number of hydrogen-bond acceptors (Lipinski definition) is 5. The van der Waals surface area contributed by atoms with Crippen molar-refractivity contribution in [3.63, 3.8) is 0 Å². The van der Waals surface area contributed by atoms with Crippen LogP contribution < -0.4 is 5.73 Å². The number of nitrogen functional groups attached to an aromatic ring is 1. The van der Waals surface area contributed by atoms with Crippen molar-refractivity contribution in [2.75, 3.05) is 18.8 Å². The topological polar surface area (TPSA) is 81.3 Å². The highest BCUT2D eigenvalue weighted by molar-refractivity contribution is 5.68. The van der Waals surface area contributed by atoms with Gasteiger partial charge < -0.3 is 15.4 Å². The van der Waals surface area contributed by atoms with Crippen molar-refractivity contribution < 1.29 is 9.53 Å². The zero-order chi connectivity index (χ0) is 15.5. The number of nitrogens with zero attached hydrogens (tertiary/aromatic N) is 3. The van der Waals surface area contributed by atoms with E-state index >= 15 is 0 Å². The number of anilines is 1. The van der Waals surface area contributed by atoms with Gasteiger partial charge in [0.15, 0.2) is 0 Å². The molecule has 0 aromatic carbocycles. The van der Waals surface area contributed by atoms with E-state index in [1.54, 1.807) is 11.1 Å². The van der Waals surface area contributed by atoms with Crippen LogP contribution >= 0.6 is 0 Å². The van der Waals surface area contributed by atoms with Crippen molar-refractivity contribution >= 4 is 11.8 Å². The molecule has 116 valence electrons. The van der Waals surface area contributed by atoms with Gasteiger partial charge in [-0.05, 0) is 46.0 Å². The molecule has 1 fully saturated rings. The monoisotopic (exact) mass is 292 g/mol. The fourth-order valence-electron chi connectivity index (χ4n) is 2.46. The molecular weight excluding hydrogens is 268 g/mol. The van der Waals surface area contributed by atoms with Gasteiger partial charge in [-0.25, -0.2) is 14.8 Å². The van der Waals surface area contributed by atoms with Gasteiger partial charge in [-0.15, -0.1) is 0 Å². The van der Waals surface area contributed by atoms with Gasteiger partial charge in [-0.2, -0.15) is 0 Å². The van der Waals surface area contributed by atoms with E-state index in [0.717, 1.165) is 38.0 Å². The lowest BCUT2D eigenvalue weighted by atomic mass is 9.92. The van der Waals surface area contributed by atoms with Gasteiger partial charge in [0, 0.05) is 13.1 Å². The van der Waals surface area contributed by atoms with Crippen molar-refractivity contribution in [3.8, 4) is 0 Å². The number of nitrogens with two attached hydrogens (primary N) is 1. The highest BCUT2D eigenvalue weighted by Gasteiger charge is 2.27. The van der Waals surface area contributed by atoms with Crippen LogP contribution in [0.5, 0.6) is 0 Å². The average Bonchev–Trinajstić information content (AvgIpc) is 2.40. The first-order valence-corrected chi connectivity index (χ1v) is 7.37. The zero-order valence-electron chi connectivity index (χ0n) is 13.0. The van der Waals surface area contributed by atoms with Crippen LogP contribution in [0.1, 0.15) is 39.3 Å². The Morgan fingerprint density at radius 1 is 1.43 bits per heavy atom. The Bertz CT molecular complexity index is 491. The third kappa shape index (κ3) is 4.58. The molecule has 6 nitrogen and oxygen atoms in total. The first-order chi connectivity index (χ1) is 9.85. The molecule has 0 radical (unpaired) electrons. The molecule has 1 saturated heterocycles. The van der Waals surface area contributed by atoms with Crippen molar-refractivity contribution in [2.24, 2.45) is 5.92 Å². The average molecular weight is 292 g/mol. The minimum atomic E-state index is -0.441. The van der Waals surface area contributed by atoms with E-state index in [2.05, 4.69) is 9.97 Å². The highest BCUT2D eigenvalue weighted by Crippen LogP contribution is 2.23. The van der Waals surface area contributed by atoms with E-state index < -0.39 is 5.60 Å². The Kier molecular flexibility index (Phi) is 4.65. The minimum absolute atomic E-state index is 0.220. The Morgan fingerprint density at radius 2 is 2.10 bits per heavy atom. The van der Waals surface area contributed by atoms with Gasteiger partial charge in [0.1, 0.15) is 11.9 Å². The van der Waals surface area contributed by atoms with Gasteiger partial charge in [0.2, 0.25) is 0 Å². The highest BCUT2D eigenvalue weighted by atomic mass is 16.6. The molecular formula is C15H24N4O2. The third-order valence-corrected chi connectivity index (χ3v) is 3.58. The number of rotatable bonds is 2. The number of likely N-dealkylation sites (tertiary alicyclic amines) is 1. The van der Waals surface area contributed by atoms with Crippen molar-refractivity contribution in [1.82, 2.24) is 14.9 Å². The molecule has 6 heteroatoms. The van der Waals surface area contributed by atoms with E-state index in [-0.39, 0.29) is 6.09 Å². The molecule has 2 rings (SSSR count). The molecule has 1 amide bonds. The summed E-state index contributed by atoms with van der Waals surface area (Å²) in [7, 11) is 0. The second kappa shape index (κ2) is 6.28. The Hall–Kier alpha value is -1.85. The number of amides is 1. The number of ether oxygens (including phenoxy) is 1. The molecule has 2 heterocycles. The maximum absolute atomic E-state index is 12.0. The summed E-state index contributed by atoms with van der Waals surface area (Å²) in [6, 6.07) is 0. The summed E-state index contributed by atoms with van der Waals surface area (Å²) in [4.78, 5) is 21.9. The largest absolute Gasteiger partial charge is 0.444 e. The lowest BCUT2D eigenvalue weighted by Gasteiger charge is -2.33. The van der Waals surface area contributed by atoms with Crippen LogP contribution in [0.2, 0.25) is 0 Å². The second-order valence-electron chi connectivity index (χ2n) is 6.54. The smallest absolute Gasteiger partial charge is 0.410 e. The Labute approximate surface area is 125 Å². The normalized spacial score (nSPS) is 16.8. The molecule has 1 aromatic rings. The van der Waals surface area contributed by atoms with Gasteiger partial charge in [0.05, 0.1) is 17.6 Å². The minimum Gasteiger partial charge on any atom is -0.444 e. The van der Waals surface area contributed by atoms with Crippen LogP contribution in [0, 0.1) is 5.92 Å². The van der Waals surface area contributed by atoms with Crippen molar-refractivity contribution in [2.45, 2.75) is 45.6 Å². The maximum Gasteiger partial charge on any atom is 0.410 e. The lowest BCUT2D eigenvalue weighted by Crippen LogP contribution is -2.42. The fraction of sp³-hybridized carbons (Fsp3) is 0.667. The van der Waals surface area contributed by atoms with Crippen LogP contribution in [0.3, 0.4) is 0 Å². The zero-order valence-corrected chi connectivity index (χ0v) is 13.0. The number of carbonyl (C=O) groups is 1. The number of carbonyl (C=O) groups excluding carboxylic acids is 1. The number of aromatic nitrogens is 2. The predicted octanol–water partition coefficient (Wildman–Crippen LogP) is 2.25. The van der Waals surface area contributed by atoms with E-state index in [0.29, 0.717) is 11.6 Å². The van der Waals surface area contributed by atoms with Gasteiger partial charge >= 0.3 is 6.09 Å². The van der Waals surface area contributed by atoms with Crippen molar-refractivity contribution in [3.05, 3.63) is 18.2 Å². The van der Waals surface area contributed by atoms with Gasteiger partial charge in [0.25, 0.3) is 0 Å². The Balaban J connectivity index is 1.83. The molecule has 2 N–H and O–H groups in total. The second-order valence-corrected chi connectivity index (χ2v) is 6.54. The molecule has 21 heavy (non-hydrogen) atoms. The van der Waals surface area contributed by atoms with E-state index in [1.807, 2.05) is 20.8 Å². The molecule has 0 bridgehead atoms. The standard InChI is InChI=1S/C15H24N4O2/c1-15(2,3)21-14(20)19-6-4-11(5-7-19)8-13-12(16)9-17-10-18-13/h9-11H,4-8,16H2,1-3H3. The number of hydrogen-bond donors (Lipinski definition) is 1. The summed E-state index contributed by atoms with van der Waals surface area (Å²) in [5.74, 6) is 0.501. The molecule has 0 spiro atoms. The summed E-state index contributed by atoms with van der Waals surface area (Å²) < 4.78 is 5.40. The van der Waals surface area contributed by atoms with Crippen LogP contribution in [-0.2, 0) is 11.2 Å². The van der Waals surface area contributed by atoms with Crippen LogP contribution in [-0.4, -0.2) is 39.7 Å². The Morgan fingerprint density at radius 3 is 2.67 bits per heavy atom. The molecule has 0 unspecified atom stereocenters. The SMILES string of the molecule is CC(C)(C)OC(=O)N1CCC(Cc2ncncc2N)CC1. The van der Waals surface area contributed by atoms with E-state index in [9.17, 15) is 4.79 Å². The van der Waals surface area contributed by atoms with Crippen LogP contribution in [0.25, 0.3) is 0 Å². The first-order valence-electron chi connectivity index (χ1n) is 7.37. The fourth-order valence-corrected chi connectivity index (χ4v) is 2.46. The summed E-state index contributed by atoms with van der Waals surface area (Å²) in [5, 5.41) is 0. The quantitative estimate of drug-likeness (QED) is 0.904. The van der Waals surface area contributed by atoms with Crippen LogP contribution in [0.4, 0.5) is 10.5 Å². The van der Waals surface area contributed by atoms with E-state index in [4.69, 9.17) is 10.5 Å². The first kappa shape index (κ1) is 15.5. The summed E-state index contributed by atoms with van der Waals surface area (Å²) in [6.45, 7) is 7.11. The molecule has 0 atom stereocenters. The summed E-state index contributed by atoms with van der Waals surface area (Å²) in [5.41, 5.74) is 6.98. The third-order valence-electron chi connectivity index (χ3n) is 3.58. The molecule has 0 saturated carbocycles. The molecule has 1 aliphatic heterocycles. The van der Waals surface area contributed by atoms with Gasteiger partial charge in [-0.3, -0.25) is 0 Å². The lowest BCUT2D eigenvalue weighted by molar-refractivity contribution is 0.0184. The van der Waals surface area contributed by atoms with Crippen molar-refractivity contribution in [1.29, 1.82) is 0 Å². The summed E-state index contributed by atoms with van der Waals surface area (Å²) in [6.07, 6.45) is 5.68. The van der Waals surface area contributed by atoms with Gasteiger partial charge in [-0.1, -0.05) is 0 Å². The predicted molar refractivity (Wildman–Crippen MR) is 80.7 cm³/mol. The number of piperidine rings is 1.